The third kappa shape index (κ3) is 4.45. The number of nitrogens with zero attached hydrogens (tertiary/aromatic N) is 3. The van der Waals surface area contributed by atoms with Crippen LogP contribution in [-0.2, 0) is 11.0 Å². The lowest BCUT2D eigenvalue weighted by molar-refractivity contribution is -0.137. The molecule has 0 saturated carbocycles. The molecule has 0 spiro atoms. The average Bonchev–Trinajstić information content (AvgIpc) is 3.14. The second-order valence-corrected chi connectivity index (χ2v) is 7.35. The molecule has 0 aliphatic rings. The zero-order valence-electron chi connectivity index (χ0n) is 15.7. The number of thioether (sulfide) groups is 1. The number of H-pyrrole nitrogens is 1. The van der Waals surface area contributed by atoms with Crippen molar-refractivity contribution < 1.29 is 18.0 Å². The number of hydrogen-bond acceptors (Lipinski definition) is 5. The van der Waals surface area contributed by atoms with Gasteiger partial charge in [-0.05, 0) is 17.7 Å². The van der Waals surface area contributed by atoms with Crippen LogP contribution in [0, 0.1) is 0 Å². The van der Waals surface area contributed by atoms with Crippen LogP contribution >= 0.6 is 11.8 Å². The monoisotopic (exact) mass is 445 g/mol. The predicted octanol–water partition coefficient (Wildman–Crippen LogP) is 3.83. The zero-order chi connectivity index (χ0) is 22.0. The summed E-state index contributed by atoms with van der Waals surface area (Å²) in [5.41, 5.74) is -0.346. The highest BCUT2D eigenvalue weighted by molar-refractivity contribution is 7.99. The van der Waals surface area contributed by atoms with Crippen molar-refractivity contribution in [3.63, 3.8) is 0 Å². The van der Waals surface area contributed by atoms with E-state index in [0.29, 0.717) is 10.9 Å². The minimum Gasteiger partial charge on any atom is -0.325 e. The first kappa shape index (κ1) is 20.7. The van der Waals surface area contributed by atoms with Gasteiger partial charge in [0.05, 0.1) is 22.7 Å². The number of anilines is 1. The Labute approximate surface area is 177 Å². The largest absolute Gasteiger partial charge is 0.418 e. The van der Waals surface area contributed by atoms with Gasteiger partial charge < -0.3 is 5.32 Å². The van der Waals surface area contributed by atoms with Crippen molar-refractivity contribution in [3.05, 3.63) is 76.6 Å². The Balaban J connectivity index is 1.58. The van der Waals surface area contributed by atoms with Crippen molar-refractivity contribution >= 4 is 29.1 Å². The molecule has 4 rings (SSSR count). The Bertz CT molecular complexity index is 1300. The molecule has 0 aliphatic heterocycles. The molecule has 7 nitrogen and oxygen atoms in total. The summed E-state index contributed by atoms with van der Waals surface area (Å²) < 4.78 is 40.9. The van der Waals surface area contributed by atoms with Gasteiger partial charge >= 0.3 is 6.18 Å². The molecule has 4 aromatic rings. The smallest absolute Gasteiger partial charge is 0.325 e. The molecule has 0 saturated heterocycles. The Morgan fingerprint density at radius 3 is 2.52 bits per heavy atom. The van der Waals surface area contributed by atoms with Gasteiger partial charge in [-0.1, -0.05) is 54.2 Å². The number of fused-ring (bicyclic) bond motifs is 1. The van der Waals surface area contributed by atoms with E-state index < -0.39 is 17.6 Å². The highest BCUT2D eigenvalue weighted by Crippen LogP contribution is 2.34. The number of carbonyl (C=O) groups is 1. The maximum absolute atomic E-state index is 13.1. The Kier molecular flexibility index (Phi) is 5.51. The normalized spacial score (nSPS) is 11.6. The first-order valence-electron chi connectivity index (χ1n) is 8.95. The van der Waals surface area contributed by atoms with Gasteiger partial charge in [0.1, 0.15) is 0 Å². The van der Waals surface area contributed by atoms with E-state index in [1.807, 2.05) is 30.3 Å². The number of benzene rings is 2. The van der Waals surface area contributed by atoms with E-state index in [1.54, 1.807) is 4.40 Å². The summed E-state index contributed by atoms with van der Waals surface area (Å²) in [5, 5.41) is 10.5. The van der Waals surface area contributed by atoms with E-state index in [-0.39, 0.29) is 22.8 Å². The van der Waals surface area contributed by atoms with Crippen LogP contribution < -0.4 is 10.9 Å². The number of carbonyl (C=O) groups excluding carboxylic acids is 1. The fourth-order valence-corrected chi connectivity index (χ4v) is 3.72. The molecule has 11 heteroatoms. The van der Waals surface area contributed by atoms with Crippen LogP contribution in [0.15, 0.2) is 70.6 Å². The lowest BCUT2D eigenvalue weighted by atomic mass is 10.1. The fourth-order valence-electron chi connectivity index (χ4n) is 2.97. The molecule has 2 N–H and O–H groups in total. The summed E-state index contributed by atoms with van der Waals surface area (Å²) in [5.74, 6) is -0.652. The average molecular weight is 445 g/mol. The molecule has 0 fully saturated rings. The first-order valence-corrected chi connectivity index (χ1v) is 9.94. The number of hydrogen-bond donors (Lipinski definition) is 2. The third-order valence-electron chi connectivity index (χ3n) is 4.29. The van der Waals surface area contributed by atoms with Gasteiger partial charge in [-0.3, -0.25) is 19.0 Å². The summed E-state index contributed by atoms with van der Waals surface area (Å²) in [6.45, 7) is 0. The molecule has 0 atom stereocenters. The van der Waals surface area contributed by atoms with Crippen molar-refractivity contribution in [2.24, 2.45) is 0 Å². The molecule has 31 heavy (non-hydrogen) atoms. The molecule has 1 amide bonds. The van der Waals surface area contributed by atoms with Gasteiger partial charge in [-0.25, -0.2) is 0 Å². The minimum absolute atomic E-state index is 0.191. The van der Waals surface area contributed by atoms with E-state index in [2.05, 4.69) is 20.5 Å². The molecule has 2 aromatic carbocycles. The Hall–Kier alpha value is -3.60. The number of amides is 1. The molecule has 2 aromatic heterocycles. The van der Waals surface area contributed by atoms with E-state index in [1.165, 1.54) is 24.3 Å². The van der Waals surface area contributed by atoms with Crippen molar-refractivity contribution in [1.82, 2.24) is 19.6 Å². The van der Waals surface area contributed by atoms with Crippen LogP contribution in [0.4, 0.5) is 18.9 Å². The highest BCUT2D eigenvalue weighted by Gasteiger charge is 2.33. The fraction of sp³-hybridized carbons (Fsp3) is 0.100. The number of nitrogens with one attached hydrogen (secondary N) is 2. The lowest BCUT2D eigenvalue weighted by Gasteiger charge is -2.13. The van der Waals surface area contributed by atoms with Gasteiger partial charge in [-0.15, -0.1) is 10.2 Å². The van der Waals surface area contributed by atoms with Gasteiger partial charge in [0.25, 0.3) is 5.56 Å². The quantitative estimate of drug-likeness (QED) is 0.456. The molecule has 158 valence electrons. The van der Waals surface area contributed by atoms with Gasteiger partial charge in [0.2, 0.25) is 11.7 Å². The maximum atomic E-state index is 13.1. The Morgan fingerprint density at radius 2 is 1.77 bits per heavy atom. The molecule has 0 bridgehead atoms. The zero-order valence-corrected chi connectivity index (χ0v) is 16.5. The van der Waals surface area contributed by atoms with Crippen LogP contribution in [-0.4, -0.2) is 31.2 Å². The Morgan fingerprint density at radius 1 is 1.06 bits per heavy atom. The molecule has 0 radical (unpaired) electrons. The number of aromatic nitrogens is 4. The lowest BCUT2D eigenvalue weighted by Crippen LogP contribution is -2.18. The summed E-state index contributed by atoms with van der Waals surface area (Å²) in [7, 11) is 0. The van der Waals surface area contributed by atoms with Gasteiger partial charge in [-0.2, -0.15) is 13.2 Å². The summed E-state index contributed by atoms with van der Waals surface area (Å²) >= 11 is 0.986. The number of aromatic amines is 1. The third-order valence-corrected chi connectivity index (χ3v) is 5.21. The van der Waals surface area contributed by atoms with E-state index >= 15 is 0 Å². The van der Waals surface area contributed by atoms with E-state index in [4.69, 9.17) is 0 Å². The van der Waals surface area contributed by atoms with Crippen LogP contribution in [0.5, 0.6) is 0 Å². The van der Waals surface area contributed by atoms with Crippen molar-refractivity contribution in [2.75, 3.05) is 11.1 Å². The van der Waals surface area contributed by atoms with Crippen molar-refractivity contribution in [2.45, 2.75) is 11.3 Å². The second kappa shape index (κ2) is 8.26. The molecular weight excluding hydrogens is 431 g/mol. The summed E-state index contributed by atoms with van der Waals surface area (Å²) in [6, 6.07) is 15.2. The molecule has 2 heterocycles. The van der Waals surface area contributed by atoms with E-state index in [0.717, 1.165) is 23.4 Å². The second-order valence-electron chi connectivity index (χ2n) is 6.41. The van der Waals surface area contributed by atoms with Crippen molar-refractivity contribution in [1.29, 1.82) is 0 Å². The topological polar surface area (TPSA) is 92.2 Å². The standard InChI is InChI=1S/C20H14F3N5O2S/c21-20(22,23)13-8-4-5-9-14(13)24-17(30)11-31-19-27-26-18-25-16(29)10-15(28(18)19)12-6-2-1-3-7-12/h1-10H,11H2,(H,24,30)(H,25,26,29). The van der Waals surface area contributed by atoms with Crippen molar-refractivity contribution in [3.8, 4) is 11.3 Å². The van der Waals surface area contributed by atoms with Crippen LogP contribution in [0.2, 0.25) is 0 Å². The molecular formula is C20H14F3N5O2S. The van der Waals surface area contributed by atoms with Crippen LogP contribution in [0.3, 0.4) is 0 Å². The number of alkyl halides is 3. The number of para-hydroxylation sites is 1. The van der Waals surface area contributed by atoms with E-state index in [9.17, 15) is 22.8 Å². The maximum Gasteiger partial charge on any atom is 0.418 e. The predicted molar refractivity (Wildman–Crippen MR) is 110 cm³/mol. The SMILES string of the molecule is O=C(CSc1nnc2[nH]c(=O)cc(-c3ccccc3)n12)Nc1ccccc1C(F)(F)F. The summed E-state index contributed by atoms with van der Waals surface area (Å²) in [4.78, 5) is 26.9. The van der Waals surface area contributed by atoms with Crippen LogP contribution in [0.25, 0.3) is 17.0 Å². The number of halogens is 3. The number of rotatable bonds is 5. The van der Waals surface area contributed by atoms with Crippen LogP contribution in [0.1, 0.15) is 5.56 Å². The van der Waals surface area contributed by atoms with Gasteiger partial charge in [0, 0.05) is 6.07 Å². The minimum atomic E-state index is -4.59. The summed E-state index contributed by atoms with van der Waals surface area (Å²) in [6.07, 6.45) is -4.59. The first-order chi connectivity index (χ1) is 14.8. The highest BCUT2D eigenvalue weighted by atomic mass is 32.2. The molecule has 0 aliphatic carbocycles. The van der Waals surface area contributed by atoms with Gasteiger partial charge in [0.15, 0.2) is 5.16 Å². The molecule has 0 unspecified atom stereocenters.